The number of rotatable bonds is 1. The molecular formula is C12H6O4. The smallest absolute Gasteiger partial charge is 0.203 e. The molecule has 3 rings (SSSR count). The summed E-state index contributed by atoms with van der Waals surface area (Å²) in [4.78, 5) is 22.4. The van der Waals surface area contributed by atoms with E-state index in [1.54, 1.807) is 18.2 Å². The monoisotopic (exact) mass is 214 g/mol. The molecule has 3 aromatic rings. The summed E-state index contributed by atoms with van der Waals surface area (Å²) in [7, 11) is 0. The first-order valence-corrected chi connectivity index (χ1v) is 4.67. The van der Waals surface area contributed by atoms with Gasteiger partial charge in [-0.05, 0) is 12.1 Å². The standard InChI is InChI=1S/C12H6O4/c13-5-8-6-16-11-4-10-7(1-2-15-10)3-9(11)12(8)14/h1-6H. The highest BCUT2D eigenvalue weighted by Crippen LogP contribution is 2.21. The van der Waals surface area contributed by atoms with E-state index in [-0.39, 0.29) is 11.0 Å². The minimum absolute atomic E-state index is 0.0235. The van der Waals surface area contributed by atoms with Crippen LogP contribution >= 0.6 is 0 Å². The van der Waals surface area contributed by atoms with Crippen molar-refractivity contribution in [1.82, 2.24) is 0 Å². The van der Waals surface area contributed by atoms with Crippen molar-refractivity contribution in [2.45, 2.75) is 0 Å². The summed E-state index contributed by atoms with van der Waals surface area (Å²) in [6.07, 6.45) is 3.19. The maximum Gasteiger partial charge on any atom is 0.203 e. The van der Waals surface area contributed by atoms with Crippen LogP contribution in [0, 0.1) is 0 Å². The SMILES string of the molecule is O=Cc1coc2cc3occc3cc2c1=O. The number of hydrogen-bond acceptors (Lipinski definition) is 4. The Kier molecular flexibility index (Phi) is 1.71. The van der Waals surface area contributed by atoms with Crippen molar-refractivity contribution >= 4 is 28.2 Å². The molecule has 0 aliphatic carbocycles. The van der Waals surface area contributed by atoms with Crippen LogP contribution in [0.2, 0.25) is 0 Å². The van der Waals surface area contributed by atoms with Crippen molar-refractivity contribution in [2.24, 2.45) is 0 Å². The number of aldehydes is 1. The van der Waals surface area contributed by atoms with Crippen molar-refractivity contribution in [1.29, 1.82) is 0 Å². The van der Waals surface area contributed by atoms with Crippen LogP contribution in [0.4, 0.5) is 0 Å². The quantitative estimate of drug-likeness (QED) is 0.583. The molecule has 0 saturated carbocycles. The van der Waals surface area contributed by atoms with Crippen LogP contribution in [0.3, 0.4) is 0 Å². The highest BCUT2D eigenvalue weighted by molar-refractivity contribution is 5.94. The van der Waals surface area contributed by atoms with Crippen molar-refractivity contribution in [3.05, 3.63) is 46.5 Å². The topological polar surface area (TPSA) is 60.4 Å². The third kappa shape index (κ3) is 1.10. The lowest BCUT2D eigenvalue weighted by Crippen LogP contribution is -2.07. The molecule has 4 nitrogen and oxygen atoms in total. The van der Waals surface area contributed by atoms with Gasteiger partial charge in [0.25, 0.3) is 0 Å². The number of carbonyl (C=O) groups is 1. The molecule has 4 heteroatoms. The molecule has 0 atom stereocenters. The minimum atomic E-state index is -0.320. The minimum Gasteiger partial charge on any atom is -0.464 e. The van der Waals surface area contributed by atoms with Gasteiger partial charge in [-0.3, -0.25) is 9.59 Å². The number of carbonyl (C=O) groups excluding carboxylic acids is 1. The van der Waals surface area contributed by atoms with Crippen molar-refractivity contribution < 1.29 is 13.6 Å². The second-order valence-corrected chi connectivity index (χ2v) is 3.44. The number of furan rings is 1. The summed E-state index contributed by atoms with van der Waals surface area (Å²) < 4.78 is 10.4. The first-order chi connectivity index (χ1) is 7.79. The summed E-state index contributed by atoms with van der Waals surface area (Å²) >= 11 is 0. The molecule has 0 unspecified atom stereocenters. The Morgan fingerprint density at radius 3 is 2.81 bits per heavy atom. The molecule has 0 saturated heterocycles. The van der Waals surface area contributed by atoms with Gasteiger partial charge in [0.05, 0.1) is 17.2 Å². The maximum atomic E-state index is 11.8. The Morgan fingerprint density at radius 1 is 1.12 bits per heavy atom. The van der Waals surface area contributed by atoms with E-state index in [0.717, 1.165) is 11.6 Å². The van der Waals surface area contributed by atoms with Crippen molar-refractivity contribution in [3.63, 3.8) is 0 Å². The van der Waals surface area contributed by atoms with Crippen LogP contribution in [0.25, 0.3) is 21.9 Å². The summed E-state index contributed by atoms with van der Waals surface area (Å²) in [5.74, 6) is 0. The molecule has 0 aliphatic heterocycles. The van der Waals surface area contributed by atoms with Gasteiger partial charge in [-0.2, -0.15) is 0 Å². The molecule has 1 aromatic carbocycles. The van der Waals surface area contributed by atoms with Gasteiger partial charge in [-0.25, -0.2) is 0 Å². The van der Waals surface area contributed by atoms with E-state index >= 15 is 0 Å². The van der Waals surface area contributed by atoms with Crippen molar-refractivity contribution in [2.75, 3.05) is 0 Å². The zero-order valence-electron chi connectivity index (χ0n) is 8.10. The Bertz CT molecular complexity index is 748. The Balaban J connectivity index is 2.55. The van der Waals surface area contributed by atoms with Gasteiger partial charge in [-0.1, -0.05) is 0 Å². The molecule has 0 aliphatic rings. The maximum absolute atomic E-state index is 11.8. The molecule has 0 fully saturated rings. The Hall–Kier alpha value is -2.36. The van der Waals surface area contributed by atoms with Crippen molar-refractivity contribution in [3.8, 4) is 0 Å². The Labute approximate surface area is 89.1 Å². The van der Waals surface area contributed by atoms with Gasteiger partial charge in [-0.15, -0.1) is 0 Å². The first-order valence-electron chi connectivity index (χ1n) is 4.67. The highest BCUT2D eigenvalue weighted by atomic mass is 16.3. The van der Waals surface area contributed by atoms with E-state index < -0.39 is 0 Å². The fourth-order valence-electron chi connectivity index (χ4n) is 1.68. The molecule has 2 heterocycles. The van der Waals surface area contributed by atoms with Gasteiger partial charge < -0.3 is 8.83 Å². The molecular weight excluding hydrogens is 208 g/mol. The molecule has 0 radical (unpaired) electrons. The van der Waals surface area contributed by atoms with E-state index in [1.165, 1.54) is 6.26 Å². The average molecular weight is 214 g/mol. The van der Waals surface area contributed by atoms with E-state index in [9.17, 15) is 9.59 Å². The highest BCUT2D eigenvalue weighted by Gasteiger charge is 2.08. The van der Waals surface area contributed by atoms with Gasteiger partial charge >= 0.3 is 0 Å². The number of fused-ring (bicyclic) bond motifs is 2. The zero-order chi connectivity index (χ0) is 11.1. The second-order valence-electron chi connectivity index (χ2n) is 3.44. The van der Waals surface area contributed by atoms with Crippen LogP contribution < -0.4 is 5.43 Å². The molecule has 2 aromatic heterocycles. The first kappa shape index (κ1) is 8.91. The summed E-state index contributed by atoms with van der Waals surface area (Å²) in [5.41, 5.74) is 0.766. The molecule has 0 amide bonds. The third-order valence-electron chi connectivity index (χ3n) is 2.50. The fourth-order valence-corrected chi connectivity index (χ4v) is 1.68. The number of benzene rings is 1. The molecule has 0 N–H and O–H groups in total. The Morgan fingerprint density at radius 2 is 2.00 bits per heavy atom. The summed E-state index contributed by atoms with van der Waals surface area (Å²) in [6.45, 7) is 0. The molecule has 16 heavy (non-hydrogen) atoms. The van der Waals surface area contributed by atoms with Crippen LogP contribution in [0.1, 0.15) is 10.4 Å². The van der Waals surface area contributed by atoms with Crippen LogP contribution in [0.15, 0.2) is 44.4 Å². The third-order valence-corrected chi connectivity index (χ3v) is 2.50. The van der Waals surface area contributed by atoms with E-state index in [4.69, 9.17) is 8.83 Å². The zero-order valence-corrected chi connectivity index (χ0v) is 8.10. The normalized spacial score (nSPS) is 11.0. The van der Waals surface area contributed by atoms with Crippen LogP contribution in [-0.2, 0) is 0 Å². The van der Waals surface area contributed by atoms with E-state index in [0.29, 0.717) is 22.8 Å². The lowest BCUT2D eigenvalue weighted by atomic mass is 10.1. The predicted molar refractivity (Wildman–Crippen MR) is 57.6 cm³/mol. The second kappa shape index (κ2) is 3.06. The lowest BCUT2D eigenvalue weighted by Gasteiger charge is -1.97. The number of hydrogen-bond donors (Lipinski definition) is 0. The fraction of sp³-hybridized carbons (Fsp3) is 0. The molecule has 0 bridgehead atoms. The lowest BCUT2D eigenvalue weighted by molar-refractivity contribution is 0.112. The predicted octanol–water partition coefficient (Wildman–Crippen LogP) is 2.35. The van der Waals surface area contributed by atoms with E-state index in [2.05, 4.69) is 0 Å². The van der Waals surface area contributed by atoms with E-state index in [1.807, 2.05) is 0 Å². The van der Waals surface area contributed by atoms with Crippen LogP contribution in [0.5, 0.6) is 0 Å². The van der Waals surface area contributed by atoms with Gasteiger partial charge in [0.15, 0.2) is 6.29 Å². The van der Waals surface area contributed by atoms with Gasteiger partial charge in [0.1, 0.15) is 17.4 Å². The van der Waals surface area contributed by atoms with Gasteiger partial charge in [0, 0.05) is 11.5 Å². The van der Waals surface area contributed by atoms with Gasteiger partial charge in [0.2, 0.25) is 5.43 Å². The molecule has 0 spiro atoms. The summed E-state index contributed by atoms with van der Waals surface area (Å²) in [5, 5.41) is 1.20. The largest absolute Gasteiger partial charge is 0.464 e. The average Bonchev–Trinajstić information content (AvgIpc) is 2.74. The summed E-state index contributed by atoms with van der Waals surface area (Å²) in [6, 6.07) is 5.05. The molecule has 78 valence electrons. The van der Waals surface area contributed by atoms with Crippen LogP contribution in [-0.4, -0.2) is 6.29 Å².